The Morgan fingerprint density at radius 1 is 1.29 bits per heavy atom. The molecule has 2 heterocycles. The largest absolute Gasteiger partial charge is 0.393 e. The van der Waals surface area contributed by atoms with Crippen LogP contribution >= 0.6 is 15.9 Å². The second-order valence-electron chi connectivity index (χ2n) is 4.03. The first-order chi connectivity index (χ1) is 7.97. The molecule has 17 heavy (non-hydrogen) atoms. The van der Waals surface area contributed by atoms with Gasteiger partial charge in [-0.1, -0.05) is 0 Å². The molecule has 1 aliphatic heterocycles. The highest BCUT2D eigenvalue weighted by Crippen LogP contribution is 2.33. The molecule has 0 N–H and O–H groups in total. The van der Waals surface area contributed by atoms with Gasteiger partial charge in [0.15, 0.2) is 0 Å². The van der Waals surface area contributed by atoms with Crippen molar-refractivity contribution < 1.29 is 13.2 Å². The zero-order valence-corrected chi connectivity index (χ0v) is 10.5. The Labute approximate surface area is 105 Å². The molecule has 0 aromatic carbocycles. The van der Waals surface area contributed by atoms with Gasteiger partial charge in [-0.2, -0.15) is 13.2 Å². The first kappa shape index (κ1) is 12.6. The fraction of sp³-hybridized carbons (Fsp3) is 0.600. The summed E-state index contributed by atoms with van der Waals surface area (Å²) in [7, 11) is 0. The molecule has 7 heteroatoms. The van der Waals surface area contributed by atoms with Gasteiger partial charge in [-0.15, -0.1) is 0 Å². The normalized spacial score (nSPS) is 21.6. The zero-order valence-electron chi connectivity index (χ0n) is 8.91. The van der Waals surface area contributed by atoms with Gasteiger partial charge in [0.1, 0.15) is 0 Å². The summed E-state index contributed by atoms with van der Waals surface area (Å²) < 4.78 is 38.6. The minimum absolute atomic E-state index is 0.0505. The van der Waals surface area contributed by atoms with Crippen LogP contribution in [0, 0.1) is 5.92 Å². The molecule has 1 aromatic heterocycles. The summed E-state index contributed by atoms with van der Waals surface area (Å²) in [4.78, 5) is 9.63. The van der Waals surface area contributed by atoms with Gasteiger partial charge in [-0.3, -0.25) is 0 Å². The number of hydrogen-bond donors (Lipinski definition) is 0. The Kier molecular flexibility index (Phi) is 3.56. The molecule has 0 saturated carbocycles. The Hall–Kier alpha value is -0.850. The number of piperidine rings is 1. The SMILES string of the molecule is FC(F)(F)C1CCCN(c2ncc(Br)cn2)C1. The van der Waals surface area contributed by atoms with Gasteiger partial charge in [0.05, 0.1) is 10.4 Å². The van der Waals surface area contributed by atoms with Gasteiger partial charge in [0.25, 0.3) is 0 Å². The van der Waals surface area contributed by atoms with E-state index in [2.05, 4.69) is 25.9 Å². The first-order valence-electron chi connectivity index (χ1n) is 5.26. The Morgan fingerprint density at radius 3 is 2.53 bits per heavy atom. The second kappa shape index (κ2) is 4.80. The monoisotopic (exact) mass is 309 g/mol. The molecular weight excluding hydrogens is 299 g/mol. The molecule has 3 nitrogen and oxygen atoms in total. The standard InChI is InChI=1S/C10H11BrF3N3/c11-8-4-15-9(16-5-8)17-3-1-2-7(6-17)10(12,13)14/h4-5,7H,1-3,6H2. The lowest BCUT2D eigenvalue weighted by atomic mass is 9.98. The molecule has 1 saturated heterocycles. The van der Waals surface area contributed by atoms with E-state index in [1.54, 1.807) is 17.3 Å². The van der Waals surface area contributed by atoms with Crippen molar-refractivity contribution in [3.8, 4) is 0 Å². The third-order valence-electron chi connectivity index (χ3n) is 2.77. The maximum atomic E-state index is 12.6. The third-order valence-corrected chi connectivity index (χ3v) is 3.18. The van der Waals surface area contributed by atoms with Crippen molar-refractivity contribution in [2.24, 2.45) is 5.92 Å². The smallest absolute Gasteiger partial charge is 0.340 e. The van der Waals surface area contributed by atoms with Crippen LogP contribution in [0.15, 0.2) is 16.9 Å². The van der Waals surface area contributed by atoms with Crippen LogP contribution in [0.4, 0.5) is 19.1 Å². The summed E-state index contributed by atoms with van der Waals surface area (Å²) in [6.07, 6.45) is -0.340. The minimum atomic E-state index is -4.13. The Morgan fingerprint density at radius 2 is 1.94 bits per heavy atom. The Balaban J connectivity index is 2.09. The van der Waals surface area contributed by atoms with Crippen LogP contribution in [-0.4, -0.2) is 29.2 Å². The minimum Gasteiger partial charge on any atom is -0.340 e. The molecule has 1 aliphatic rings. The molecule has 0 radical (unpaired) electrons. The quantitative estimate of drug-likeness (QED) is 0.798. The molecule has 2 rings (SSSR count). The number of aromatic nitrogens is 2. The molecular formula is C10H11BrF3N3. The molecule has 0 bridgehead atoms. The highest BCUT2D eigenvalue weighted by Gasteiger charge is 2.42. The van der Waals surface area contributed by atoms with E-state index < -0.39 is 12.1 Å². The molecule has 0 spiro atoms. The molecule has 1 unspecified atom stereocenters. The van der Waals surface area contributed by atoms with Crippen molar-refractivity contribution in [1.29, 1.82) is 0 Å². The molecule has 0 amide bonds. The average molecular weight is 310 g/mol. The molecule has 1 fully saturated rings. The van der Waals surface area contributed by atoms with E-state index in [4.69, 9.17) is 0 Å². The highest BCUT2D eigenvalue weighted by molar-refractivity contribution is 9.10. The average Bonchev–Trinajstić information content (AvgIpc) is 2.29. The summed E-state index contributed by atoms with van der Waals surface area (Å²) in [6, 6.07) is 0. The first-order valence-corrected chi connectivity index (χ1v) is 6.05. The lowest BCUT2D eigenvalue weighted by Crippen LogP contribution is -2.42. The molecule has 0 aliphatic carbocycles. The van der Waals surface area contributed by atoms with Gasteiger partial charge in [0, 0.05) is 25.5 Å². The van der Waals surface area contributed by atoms with Crippen molar-refractivity contribution >= 4 is 21.9 Å². The van der Waals surface area contributed by atoms with Crippen LogP contribution in [0.5, 0.6) is 0 Å². The van der Waals surface area contributed by atoms with Crippen LogP contribution < -0.4 is 4.90 Å². The van der Waals surface area contributed by atoms with E-state index in [1.165, 1.54) is 0 Å². The number of halogens is 4. The fourth-order valence-corrected chi connectivity index (χ4v) is 2.10. The van der Waals surface area contributed by atoms with Gasteiger partial charge in [-0.25, -0.2) is 9.97 Å². The predicted molar refractivity (Wildman–Crippen MR) is 60.7 cm³/mol. The van der Waals surface area contributed by atoms with E-state index in [-0.39, 0.29) is 13.0 Å². The Bertz CT molecular complexity index is 379. The van der Waals surface area contributed by atoms with E-state index in [0.717, 1.165) is 0 Å². The van der Waals surface area contributed by atoms with Crippen molar-refractivity contribution in [3.05, 3.63) is 16.9 Å². The van der Waals surface area contributed by atoms with Crippen molar-refractivity contribution in [1.82, 2.24) is 9.97 Å². The van der Waals surface area contributed by atoms with Gasteiger partial charge in [-0.05, 0) is 28.8 Å². The van der Waals surface area contributed by atoms with E-state index in [1.807, 2.05) is 0 Å². The number of nitrogens with zero attached hydrogens (tertiary/aromatic N) is 3. The van der Waals surface area contributed by atoms with Gasteiger partial charge >= 0.3 is 6.18 Å². The maximum Gasteiger partial charge on any atom is 0.393 e. The topological polar surface area (TPSA) is 29.0 Å². The van der Waals surface area contributed by atoms with Gasteiger partial charge in [0.2, 0.25) is 5.95 Å². The summed E-state index contributed by atoms with van der Waals surface area (Å²) in [5, 5.41) is 0. The summed E-state index contributed by atoms with van der Waals surface area (Å²) in [6.45, 7) is 0.527. The van der Waals surface area contributed by atoms with Crippen molar-refractivity contribution in [3.63, 3.8) is 0 Å². The van der Waals surface area contributed by atoms with Gasteiger partial charge < -0.3 is 4.90 Å². The predicted octanol–water partition coefficient (Wildman–Crippen LogP) is 3.02. The molecule has 1 aromatic rings. The van der Waals surface area contributed by atoms with Crippen LogP contribution in [0.25, 0.3) is 0 Å². The van der Waals surface area contributed by atoms with E-state index >= 15 is 0 Å². The summed E-state index contributed by atoms with van der Waals surface area (Å²) in [5.74, 6) is -0.911. The zero-order chi connectivity index (χ0) is 12.5. The van der Waals surface area contributed by atoms with Crippen molar-refractivity contribution in [2.75, 3.05) is 18.0 Å². The number of rotatable bonds is 1. The van der Waals surface area contributed by atoms with E-state index in [9.17, 15) is 13.2 Å². The number of anilines is 1. The van der Waals surface area contributed by atoms with Crippen LogP contribution in [-0.2, 0) is 0 Å². The van der Waals surface area contributed by atoms with Crippen LogP contribution in [0.3, 0.4) is 0 Å². The van der Waals surface area contributed by atoms with E-state index in [0.29, 0.717) is 23.4 Å². The lowest BCUT2D eigenvalue weighted by Gasteiger charge is -2.33. The fourth-order valence-electron chi connectivity index (χ4n) is 1.89. The summed E-state index contributed by atoms with van der Waals surface area (Å²) >= 11 is 3.19. The van der Waals surface area contributed by atoms with Crippen LogP contribution in [0.1, 0.15) is 12.8 Å². The summed E-state index contributed by atoms with van der Waals surface area (Å²) in [5.41, 5.74) is 0. The maximum absolute atomic E-state index is 12.6. The van der Waals surface area contributed by atoms with Crippen LogP contribution in [0.2, 0.25) is 0 Å². The number of hydrogen-bond acceptors (Lipinski definition) is 3. The molecule has 94 valence electrons. The third kappa shape index (κ3) is 3.08. The molecule has 1 atom stereocenters. The highest BCUT2D eigenvalue weighted by atomic mass is 79.9. The lowest BCUT2D eigenvalue weighted by molar-refractivity contribution is -0.176. The van der Waals surface area contributed by atoms with Crippen molar-refractivity contribution in [2.45, 2.75) is 19.0 Å². The second-order valence-corrected chi connectivity index (χ2v) is 4.94. The number of alkyl halides is 3.